The number of benzene rings is 2. The molecule has 4 heteroatoms. The van der Waals surface area contributed by atoms with Crippen LogP contribution in [0.1, 0.15) is 30.9 Å². The highest BCUT2D eigenvalue weighted by Gasteiger charge is 2.12. The van der Waals surface area contributed by atoms with Crippen LogP contribution >= 0.6 is 0 Å². The fourth-order valence-electron chi connectivity index (χ4n) is 2.27. The molecular formula is C19H24N2O2. The van der Waals surface area contributed by atoms with Crippen molar-refractivity contribution in [2.75, 3.05) is 5.32 Å². The Hall–Kier alpha value is -2.33. The third-order valence-electron chi connectivity index (χ3n) is 3.69. The second-order valence-corrected chi connectivity index (χ2v) is 5.63. The summed E-state index contributed by atoms with van der Waals surface area (Å²) >= 11 is 0. The van der Waals surface area contributed by atoms with Crippen molar-refractivity contribution in [3.8, 4) is 5.75 Å². The molecule has 2 rings (SSSR count). The van der Waals surface area contributed by atoms with Gasteiger partial charge in [0.25, 0.3) is 0 Å². The topological polar surface area (TPSA) is 64.4 Å². The number of rotatable bonds is 7. The van der Waals surface area contributed by atoms with Crippen LogP contribution in [-0.4, -0.2) is 11.9 Å². The predicted molar refractivity (Wildman–Crippen MR) is 93.5 cm³/mol. The Kier molecular flexibility index (Phi) is 6.18. The van der Waals surface area contributed by atoms with Crippen molar-refractivity contribution in [1.29, 1.82) is 0 Å². The maximum absolute atomic E-state index is 12.0. The lowest BCUT2D eigenvalue weighted by molar-refractivity contribution is -0.117. The molecule has 0 aliphatic rings. The molecule has 2 aromatic rings. The molecule has 0 radical (unpaired) electrons. The molecule has 0 heterocycles. The second-order valence-electron chi connectivity index (χ2n) is 5.63. The number of carbonyl (C=O) groups is 1. The Morgan fingerprint density at radius 2 is 2.00 bits per heavy atom. The average molecular weight is 312 g/mol. The second kappa shape index (κ2) is 8.34. The summed E-state index contributed by atoms with van der Waals surface area (Å²) in [4.78, 5) is 12.0. The molecule has 0 spiro atoms. The molecule has 0 saturated heterocycles. The average Bonchev–Trinajstić information content (AvgIpc) is 2.54. The van der Waals surface area contributed by atoms with Crippen LogP contribution in [0.4, 0.5) is 5.69 Å². The first kappa shape index (κ1) is 17.0. The van der Waals surface area contributed by atoms with Gasteiger partial charge >= 0.3 is 0 Å². The van der Waals surface area contributed by atoms with Gasteiger partial charge in [-0.15, -0.1) is 0 Å². The van der Waals surface area contributed by atoms with E-state index in [4.69, 9.17) is 10.5 Å². The summed E-state index contributed by atoms with van der Waals surface area (Å²) in [5.74, 6) is 0.554. The van der Waals surface area contributed by atoms with Crippen LogP contribution in [0, 0.1) is 6.92 Å². The van der Waals surface area contributed by atoms with E-state index >= 15 is 0 Å². The minimum Gasteiger partial charge on any atom is -0.489 e. The number of hydrogen-bond acceptors (Lipinski definition) is 3. The molecule has 122 valence electrons. The van der Waals surface area contributed by atoms with Gasteiger partial charge < -0.3 is 15.8 Å². The van der Waals surface area contributed by atoms with Gasteiger partial charge in [0, 0.05) is 11.8 Å². The Morgan fingerprint density at radius 3 is 2.74 bits per heavy atom. The number of nitrogens with one attached hydrogen (secondary N) is 1. The smallest absolute Gasteiger partial charge is 0.241 e. The van der Waals surface area contributed by atoms with Gasteiger partial charge in [0.1, 0.15) is 12.4 Å². The fourth-order valence-corrected chi connectivity index (χ4v) is 2.27. The number of ether oxygens (including phenoxy) is 1. The van der Waals surface area contributed by atoms with E-state index in [1.54, 1.807) is 0 Å². The molecule has 4 nitrogen and oxygen atoms in total. The van der Waals surface area contributed by atoms with Crippen LogP contribution in [-0.2, 0) is 11.4 Å². The minimum absolute atomic E-state index is 0.164. The normalized spacial score (nSPS) is 11.8. The zero-order valence-electron chi connectivity index (χ0n) is 13.7. The van der Waals surface area contributed by atoms with Crippen molar-refractivity contribution >= 4 is 11.6 Å². The first-order valence-corrected chi connectivity index (χ1v) is 7.94. The summed E-state index contributed by atoms with van der Waals surface area (Å²) in [5, 5.41) is 2.83. The maximum atomic E-state index is 12.0. The Bertz CT molecular complexity index is 655. The highest BCUT2D eigenvalue weighted by Crippen LogP contribution is 2.19. The summed E-state index contributed by atoms with van der Waals surface area (Å²) < 4.78 is 5.82. The lowest BCUT2D eigenvalue weighted by Gasteiger charge is -2.13. The van der Waals surface area contributed by atoms with E-state index in [1.165, 1.54) is 5.56 Å². The van der Waals surface area contributed by atoms with Crippen LogP contribution in [0.25, 0.3) is 0 Å². The molecule has 0 saturated carbocycles. The number of aryl methyl sites for hydroxylation is 1. The lowest BCUT2D eigenvalue weighted by atomic mass is 10.1. The highest BCUT2D eigenvalue weighted by atomic mass is 16.5. The van der Waals surface area contributed by atoms with Gasteiger partial charge in [-0.25, -0.2) is 0 Å². The third kappa shape index (κ3) is 5.11. The molecule has 1 atom stereocenters. The monoisotopic (exact) mass is 312 g/mol. The minimum atomic E-state index is -0.475. The van der Waals surface area contributed by atoms with Crippen LogP contribution in [0.2, 0.25) is 0 Å². The molecule has 1 unspecified atom stereocenters. The number of anilines is 1. The van der Waals surface area contributed by atoms with E-state index in [0.717, 1.165) is 17.7 Å². The molecule has 2 aromatic carbocycles. The first-order valence-electron chi connectivity index (χ1n) is 7.94. The summed E-state index contributed by atoms with van der Waals surface area (Å²) in [5.41, 5.74) is 8.86. The summed E-state index contributed by atoms with van der Waals surface area (Å²) in [6, 6.07) is 15.0. The van der Waals surface area contributed by atoms with Gasteiger partial charge in [0.2, 0.25) is 5.91 Å². The third-order valence-corrected chi connectivity index (χ3v) is 3.69. The summed E-state index contributed by atoms with van der Waals surface area (Å²) in [6.07, 6.45) is 1.56. The van der Waals surface area contributed by atoms with E-state index < -0.39 is 6.04 Å². The predicted octanol–water partition coefficient (Wildman–Crippen LogP) is 3.64. The molecule has 3 N–H and O–H groups in total. The molecule has 1 amide bonds. The SMILES string of the molecule is CCCC(N)C(=O)Nc1cccc(OCc2ccccc2C)c1. The Balaban J connectivity index is 1.97. The molecule has 0 aliphatic heterocycles. The van der Waals surface area contributed by atoms with Gasteiger partial charge in [-0.05, 0) is 36.6 Å². The van der Waals surface area contributed by atoms with E-state index in [9.17, 15) is 4.79 Å². The van der Waals surface area contributed by atoms with Gasteiger partial charge in [-0.2, -0.15) is 0 Å². The highest BCUT2D eigenvalue weighted by molar-refractivity contribution is 5.94. The van der Waals surface area contributed by atoms with Crippen LogP contribution in [0.15, 0.2) is 48.5 Å². The summed E-state index contributed by atoms with van der Waals surface area (Å²) in [7, 11) is 0. The van der Waals surface area contributed by atoms with E-state index in [-0.39, 0.29) is 5.91 Å². The van der Waals surface area contributed by atoms with Gasteiger partial charge in [0.05, 0.1) is 6.04 Å². The Morgan fingerprint density at radius 1 is 1.22 bits per heavy atom. The van der Waals surface area contributed by atoms with E-state index in [0.29, 0.717) is 18.7 Å². The van der Waals surface area contributed by atoms with Crippen molar-refractivity contribution in [1.82, 2.24) is 0 Å². The van der Waals surface area contributed by atoms with Gasteiger partial charge in [-0.1, -0.05) is 43.7 Å². The number of carbonyl (C=O) groups excluding carboxylic acids is 1. The number of amides is 1. The van der Waals surface area contributed by atoms with Gasteiger partial charge in [-0.3, -0.25) is 4.79 Å². The van der Waals surface area contributed by atoms with Crippen LogP contribution < -0.4 is 15.8 Å². The standard InChI is InChI=1S/C19H24N2O2/c1-3-7-18(20)19(22)21-16-10-6-11-17(12-16)23-13-15-9-5-4-8-14(15)2/h4-6,8-12,18H,3,7,13,20H2,1-2H3,(H,21,22). The zero-order chi connectivity index (χ0) is 16.7. The van der Waals surface area contributed by atoms with Crippen molar-refractivity contribution < 1.29 is 9.53 Å². The zero-order valence-corrected chi connectivity index (χ0v) is 13.7. The fraction of sp³-hybridized carbons (Fsp3) is 0.316. The molecular weight excluding hydrogens is 288 g/mol. The number of nitrogens with two attached hydrogens (primary N) is 1. The molecule has 0 fully saturated rings. The van der Waals surface area contributed by atoms with Crippen molar-refractivity contribution in [2.24, 2.45) is 5.73 Å². The molecule has 0 aromatic heterocycles. The van der Waals surface area contributed by atoms with Crippen molar-refractivity contribution in [3.05, 3.63) is 59.7 Å². The van der Waals surface area contributed by atoms with Crippen LogP contribution in [0.3, 0.4) is 0 Å². The maximum Gasteiger partial charge on any atom is 0.241 e. The molecule has 0 bridgehead atoms. The number of hydrogen-bond donors (Lipinski definition) is 2. The molecule has 23 heavy (non-hydrogen) atoms. The van der Waals surface area contributed by atoms with Gasteiger partial charge in [0.15, 0.2) is 0 Å². The molecule has 0 aliphatic carbocycles. The van der Waals surface area contributed by atoms with Crippen molar-refractivity contribution in [3.63, 3.8) is 0 Å². The Labute approximate surface area is 137 Å². The largest absolute Gasteiger partial charge is 0.489 e. The van der Waals surface area contributed by atoms with Crippen LogP contribution in [0.5, 0.6) is 5.75 Å². The quantitative estimate of drug-likeness (QED) is 0.820. The van der Waals surface area contributed by atoms with E-state index in [1.807, 2.05) is 49.4 Å². The first-order chi connectivity index (χ1) is 11.1. The summed E-state index contributed by atoms with van der Waals surface area (Å²) in [6.45, 7) is 4.57. The lowest BCUT2D eigenvalue weighted by Crippen LogP contribution is -2.35. The van der Waals surface area contributed by atoms with Crippen molar-refractivity contribution in [2.45, 2.75) is 39.3 Å². The van der Waals surface area contributed by atoms with E-state index in [2.05, 4.69) is 18.3 Å².